The number of furan rings is 1. The molecule has 1 aromatic carbocycles. The summed E-state index contributed by atoms with van der Waals surface area (Å²) < 4.78 is 4.94. The second-order valence-electron chi connectivity index (χ2n) is 4.92. The van der Waals surface area contributed by atoms with Gasteiger partial charge in [0.25, 0.3) is 0 Å². The van der Waals surface area contributed by atoms with Crippen LogP contribution in [0.15, 0.2) is 47.3 Å². The number of carbonyl (C=O) groups excluding carboxylic acids is 2. The fraction of sp³-hybridized carbons (Fsp3) is 0.250. The molecule has 1 aromatic heterocycles. The summed E-state index contributed by atoms with van der Waals surface area (Å²) in [5.74, 6) is -0.350. The van der Waals surface area contributed by atoms with Crippen LogP contribution in [0.25, 0.3) is 0 Å². The Kier molecular flexibility index (Phi) is 5.61. The number of halogens is 1. The Hall–Kier alpha value is -2.27. The molecule has 0 aliphatic carbocycles. The molecular formula is C16H17ClN2O3. The standard InChI is InChI=1S/C16H17ClN2O3/c1-11(20)19-15(13-2-4-14(17)5-3-13)8-16(21)18-9-12-6-7-22-10-12/h2-7,10,15H,8-9H2,1H3,(H,18,21)(H,19,20)/t15-/m0/s1. The van der Waals surface area contributed by atoms with E-state index in [1.165, 1.54) is 6.92 Å². The third kappa shape index (κ3) is 4.93. The van der Waals surface area contributed by atoms with E-state index < -0.39 is 0 Å². The van der Waals surface area contributed by atoms with Gasteiger partial charge in [-0.3, -0.25) is 9.59 Å². The van der Waals surface area contributed by atoms with Crippen LogP contribution >= 0.6 is 11.6 Å². The van der Waals surface area contributed by atoms with Gasteiger partial charge in [0.05, 0.1) is 25.0 Å². The number of benzene rings is 1. The molecule has 116 valence electrons. The molecule has 0 radical (unpaired) electrons. The molecule has 2 N–H and O–H groups in total. The molecule has 1 heterocycles. The van der Waals surface area contributed by atoms with Gasteiger partial charge in [0.1, 0.15) is 0 Å². The van der Waals surface area contributed by atoms with Gasteiger partial charge in [0.15, 0.2) is 0 Å². The molecule has 0 unspecified atom stereocenters. The lowest BCUT2D eigenvalue weighted by atomic mass is 10.0. The average molecular weight is 321 g/mol. The van der Waals surface area contributed by atoms with Gasteiger partial charge in [0, 0.05) is 24.1 Å². The maximum absolute atomic E-state index is 12.1. The third-order valence-electron chi connectivity index (χ3n) is 3.11. The van der Waals surface area contributed by atoms with Gasteiger partial charge in [0.2, 0.25) is 11.8 Å². The molecule has 0 aliphatic rings. The maximum atomic E-state index is 12.1. The van der Waals surface area contributed by atoms with Crippen LogP contribution in [-0.4, -0.2) is 11.8 Å². The Bertz CT molecular complexity index is 623. The third-order valence-corrected chi connectivity index (χ3v) is 3.36. The van der Waals surface area contributed by atoms with Crippen LogP contribution in [0.2, 0.25) is 5.02 Å². The van der Waals surface area contributed by atoms with Crippen molar-refractivity contribution in [3.05, 3.63) is 59.0 Å². The van der Waals surface area contributed by atoms with Gasteiger partial charge in [-0.25, -0.2) is 0 Å². The highest BCUT2D eigenvalue weighted by atomic mass is 35.5. The largest absolute Gasteiger partial charge is 0.472 e. The average Bonchev–Trinajstić information content (AvgIpc) is 2.98. The Morgan fingerprint density at radius 2 is 1.95 bits per heavy atom. The van der Waals surface area contributed by atoms with E-state index in [-0.39, 0.29) is 24.3 Å². The van der Waals surface area contributed by atoms with Crippen LogP contribution in [0.5, 0.6) is 0 Å². The summed E-state index contributed by atoms with van der Waals surface area (Å²) in [7, 11) is 0. The molecule has 6 heteroatoms. The van der Waals surface area contributed by atoms with E-state index in [1.54, 1.807) is 42.9 Å². The van der Waals surface area contributed by atoms with E-state index in [2.05, 4.69) is 10.6 Å². The van der Waals surface area contributed by atoms with Crippen molar-refractivity contribution < 1.29 is 14.0 Å². The van der Waals surface area contributed by atoms with Crippen molar-refractivity contribution in [1.29, 1.82) is 0 Å². The van der Waals surface area contributed by atoms with Gasteiger partial charge < -0.3 is 15.1 Å². The first-order valence-electron chi connectivity index (χ1n) is 6.85. The number of nitrogens with one attached hydrogen (secondary N) is 2. The fourth-order valence-electron chi connectivity index (χ4n) is 2.04. The van der Waals surface area contributed by atoms with E-state index in [4.69, 9.17) is 16.0 Å². The van der Waals surface area contributed by atoms with Crippen molar-refractivity contribution >= 4 is 23.4 Å². The van der Waals surface area contributed by atoms with Crippen LogP contribution < -0.4 is 10.6 Å². The van der Waals surface area contributed by atoms with E-state index in [9.17, 15) is 9.59 Å². The Morgan fingerprint density at radius 3 is 2.55 bits per heavy atom. The van der Waals surface area contributed by atoms with Crippen molar-refractivity contribution in [2.45, 2.75) is 25.9 Å². The molecular weight excluding hydrogens is 304 g/mol. The molecule has 1 atom stereocenters. The van der Waals surface area contributed by atoms with Crippen molar-refractivity contribution in [2.75, 3.05) is 0 Å². The topological polar surface area (TPSA) is 71.3 Å². The van der Waals surface area contributed by atoms with E-state index in [0.717, 1.165) is 11.1 Å². The number of hydrogen-bond acceptors (Lipinski definition) is 3. The Labute approximate surface area is 133 Å². The minimum Gasteiger partial charge on any atom is -0.472 e. The lowest BCUT2D eigenvalue weighted by Gasteiger charge is -2.18. The van der Waals surface area contributed by atoms with Crippen LogP contribution in [0.4, 0.5) is 0 Å². The van der Waals surface area contributed by atoms with Gasteiger partial charge in [-0.15, -0.1) is 0 Å². The summed E-state index contributed by atoms with van der Waals surface area (Å²) in [5.41, 5.74) is 1.72. The summed E-state index contributed by atoms with van der Waals surface area (Å²) in [6.07, 6.45) is 3.28. The molecule has 0 saturated carbocycles. The molecule has 2 rings (SSSR count). The number of rotatable bonds is 6. The first-order chi connectivity index (χ1) is 10.5. The molecule has 22 heavy (non-hydrogen) atoms. The molecule has 2 amide bonds. The molecule has 0 saturated heterocycles. The Balaban J connectivity index is 1.98. The van der Waals surface area contributed by atoms with Crippen molar-refractivity contribution in [3.63, 3.8) is 0 Å². The van der Waals surface area contributed by atoms with Crippen LogP contribution in [0.1, 0.15) is 30.5 Å². The van der Waals surface area contributed by atoms with E-state index >= 15 is 0 Å². The van der Waals surface area contributed by atoms with Gasteiger partial charge in [-0.1, -0.05) is 23.7 Å². The number of amides is 2. The highest BCUT2D eigenvalue weighted by Crippen LogP contribution is 2.19. The summed E-state index contributed by atoms with van der Waals surface area (Å²) in [5, 5.41) is 6.18. The lowest BCUT2D eigenvalue weighted by molar-refractivity contribution is -0.122. The zero-order valence-corrected chi connectivity index (χ0v) is 12.9. The molecule has 0 bridgehead atoms. The highest BCUT2D eigenvalue weighted by molar-refractivity contribution is 6.30. The van der Waals surface area contributed by atoms with Crippen LogP contribution in [-0.2, 0) is 16.1 Å². The molecule has 0 aliphatic heterocycles. The van der Waals surface area contributed by atoms with Gasteiger partial charge >= 0.3 is 0 Å². The van der Waals surface area contributed by atoms with E-state index in [1.807, 2.05) is 0 Å². The van der Waals surface area contributed by atoms with E-state index in [0.29, 0.717) is 11.6 Å². The van der Waals surface area contributed by atoms with Gasteiger partial charge in [-0.05, 0) is 23.8 Å². The first-order valence-corrected chi connectivity index (χ1v) is 7.22. The quantitative estimate of drug-likeness (QED) is 0.859. The van der Waals surface area contributed by atoms with Crippen molar-refractivity contribution in [1.82, 2.24) is 10.6 Å². The van der Waals surface area contributed by atoms with Crippen molar-refractivity contribution in [3.8, 4) is 0 Å². The summed E-state index contributed by atoms with van der Waals surface area (Å²) in [6, 6.07) is 8.45. The second-order valence-corrected chi connectivity index (χ2v) is 5.35. The lowest BCUT2D eigenvalue weighted by Crippen LogP contribution is -2.32. The monoisotopic (exact) mass is 320 g/mol. The number of hydrogen-bond donors (Lipinski definition) is 2. The molecule has 5 nitrogen and oxygen atoms in total. The zero-order chi connectivity index (χ0) is 15.9. The van der Waals surface area contributed by atoms with Gasteiger partial charge in [-0.2, -0.15) is 0 Å². The minimum atomic E-state index is -0.390. The van der Waals surface area contributed by atoms with Crippen LogP contribution in [0, 0.1) is 0 Å². The fourth-order valence-corrected chi connectivity index (χ4v) is 2.17. The second kappa shape index (κ2) is 7.66. The molecule has 0 fully saturated rings. The van der Waals surface area contributed by atoms with Crippen LogP contribution in [0.3, 0.4) is 0 Å². The smallest absolute Gasteiger partial charge is 0.222 e. The molecule has 0 spiro atoms. The minimum absolute atomic E-state index is 0.152. The zero-order valence-electron chi connectivity index (χ0n) is 12.1. The predicted molar refractivity (Wildman–Crippen MR) is 83.2 cm³/mol. The number of carbonyl (C=O) groups is 2. The molecule has 2 aromatic rings. The summed E-state index contributed by atoms with van der Waals surface area (Å²) in [6.45, 7) is 1.81. The summed E-state index contributed by atoms with van der Waals surface area (Å²) >= 11 is 5.86. The van der Waals surface area contributed by atoms with Crippen molar-refractivity contribution in [2.24, 2.45) is 0 Å². The summed E-state index contributed by atoms with van der Waals surface area (Å²) in [4.78, 5) is 23.4. The predicted octanol–water partition coefficient (Wildman–Crippen LogP) is 2.82. The maximum Gasteiger partial charge on any atom is 0.222 e. The normalized spacial score (nSPS) is 11.7. The highest BCUT2D eigenvalue weighted by Gasteiger charge is 2.17. The Morgan fingerprint density at radius 1 is 1.23 bits per heavy atom. The first kappa shape index (κ1) is 16.1. The SMILES string of the molecule is CC(=O)N[C@@H](CC(=O)NCc1ccoc1)c1ccc(Cl)cc1.